The van der Waals surface area contributed by atoms with Gasteiger partial charge >= 0.3 is 0 Å². The molecule has 3 aromatic rings. The third-order valence-electron chi connectivity index (χ3n) is 4.04. The van der Waals surface area contributed by atoms with Gasteiger partial charge in [0.25, 0.3) is 0 Å². The number of fused-ring (bicyclic) bond motifs is 1. The second-order valence-corrected chi connectivity index (χ2v) is 5.91. The fourth-order valence-corrected chi connectivity index (χ4v) is 2.70. The van der Waals surface area contributed by atoms with Gasteiger partial charge in [0.05, 0.1) is 16.9 Å². The first-order valence-electron chi connectivity index (χ1n) is 7.38. The number of hydrogen-bond donors (Lipinski definition) is 1. The summed E-state index contributed by atoms with van der Waals surface area (Å²) in [6.45, 7) is 5.98. The summed E-state index contributed by atoms with van der Waals surface area (Å²) < 4.78 is 0. The minimum Gasteiger partial charge on any atom is -0.377 e. The van der Waals surface area contributed by atoms with E-state index in [2.05, 4.69) is 27.9 Å². The van der Waals surface area contributed by atoms with E-state index in [9.17, 15) is 5.11 Å². The molecule has 0 aliphatic heterocycles. The van der Waals surface area contributed by atoms with E-state index < -0.39 is 5.60 Å². The van der Waals surface area contributed by atoms with Crippen LogP contribution in [0, 0.1) is 12.8 Å². The zero-order valence-corrected chi connectivity index (χ0v) is 13.0. The van der Waals surface area contributed by atoms with Crippen LogP contribution in [0.3, 0.4) is 0 Å². The number of benzene rings is 1. The van der Waals surface area contributed by atoms with Gasteiger partial charge in [-0.25, -0.2) is 15.0 Å². The highest BCUT2D eigenvalue weighted by molar-refractivity contribution is 5.79. The first-order chi connectivity index (χ1) is 10.5. The van der Waals surface area contributed by atoms with Crippen LogP contribution >= 0.6 is 0 Å². The maximum atomic E-state index is 11.3. The van der Waals surface area contributed by atoms with Gasteiger partial charge in [-0.05, 0) is 37.1 Å². The summed E-state index contributed by atoms with van der Waals surface area (Å²) in [5, 5.41) is 12.4. The summed E-state index contributed by atoms with van der Waals surface area (Å²) in [7, 11) is 0. The largest absolute Gasteiger partial charge is 0.377 e. The van der Waals surface area contributed by atoms with Gasteiger partial charge in [0.2, 0.25) is 0 Å². The molecule has 4 heteroatoms. The molecule has 0 aliphatic rings. The van der Waals surface area contributed by atoms with Crippen LogP contribution in [0.15, 0.2) is 48.9 Å². The molecule has 0 saturated heterocycles. The van der Waals surface area contributed by atoms with E-state index in [1.54, 1.807) is 12.3 Å². The minimum atomic E-state index is -1.23. The highest BCUT2D eigenvalue weighted by Gasteiger charge is 2.38. The van der Waals surface area contributed by atoms with Crippen LogP contribution in [0.1, 0.15) is 30.8 Å². The van der Waals surface area contributed by atoms with Gasteiger partial charge in [0, 0.05) is 11.6 Å². The maximum absolute atomic E-state index is 11.3. The smallest absolute Gasteiger partial charge is 0.150 e. The molecule has 0 aliphatic carbocycles. The first kappa shape index (κ1) is 14.6. The summed E-state index contributed by atoms with van der Waals surface area (Å²) in [6.07, 6.45) is 3.09. The summed E-state index contributed by atoms with van der Waals surface area (Å²) >= 11 is 0. The van der Waals surface area contributed by atoms with Crippen molar-refractivity contribution in [3.63, 3.8) is 0 Å². The first-order valence-corrected chi connectivity index (χ1v) is 7.38. The Hall–Kier alpha value is -2.33. The normalized spacial score (nSPS) is 14.2. The number of nitrogens with zero attached hydrogens (tertiary/aromatic N) is 3. The molecule has 1 N–H and O–H groups in total. The van der Waals surface area contributed by atoms with Crippen molar-refractivity contribution in [3.8, 4) is 0 Å². The van der Waals surface area contributed by atoms with Crippen LogP contribution in [0.2, 0.25) is 0 Å². The van der Waals surface area contributed by atoms with Crippen molar-refractivity contribution in [1.82, 2.24) is 15.0 Å². The van der Waals surface area contributed by atoms with E-state index in [0.29, 0.717) is 11.4 Å². The van der Waals surface area contributed by atoms with Gasteiger partial charge in [-0.2, -0.15) is 0 Å². The second kappa shape index (κ2) is 5.46. The van der Waals surface area contributed by atoms with E-state index in [0.717, 1.165) is 10.9 Å². The number of aliphatic hydroxyl groups is 1. The molecule has 0 spiro atoms. The predicted molar refractivity (Wildman–Crippen MR) is 86.3 cm³/mol. The minimum absolute atomic E-state index is 0.0715. The monoisotopic (exact) mass is 293 g/mol. The third-order valence-corrected chi connectivity index (χ3v) is 4.04. The van der Waals surface area contributed by atoms with Crippen molar-refractivity contribution in [2.75, 3.05) is 0 Å². The average Bonchev–Trinajstić information content (AvgIpc) is 2.54. The SMILES string of the molecule is Cc1ccc2nc(C(O)(c3ccncn3)C(C)C)ccc2c1. The van der Waals surface area contributed by atoms with Gasteiger partial charge in [-0.3, -0.25) is 0 Å². The number of rotatable bonds is 3. The molecule has 2 aromatic heterocycles. The summed E-state index contributed by atoms with van der Waals surface area (Å²) in [4.78, 5) is 12.8. The van der Waals surface area contributed by atoms with Gasteiger partial charge in [-0.15, -0.1) is 0 Å². The second-order valence-electron chi connectivity index (χ2n) is 5.91. The molecule has 4 nitrogen and oxygen atoms in total. The average molecular weight is 293 g/mol. The van der Waals surface area contributed by atoms with E-state index in [-0.39, 0.29) is 5.92 Å². The van der Waals surface area contributed by atoms with Crippen molar-refractivity contribution in [1.29, 1.82) is 0 Å². The van der Waals surface area contributed by atoms with Gasteiger partial charge in [0.1, 0.15) is 6.33 Å². The Kier molecular flexibility index (Phi) is 3.62. The molecule has 1 atom stereocenters. The maximum Gasteiger partial charge on any atom is 0.150 e. The standard InChI is InChI=1S/C18H19N3O/c1-12(2)18(22,16-8-9-19-11-20-16)17-7-5-14-10-13(3)4-6-15(14)21-17/h4-12,22H,1-3H3. The Bertz CT molecular complexity index is 802. The number of aromatic nitrogens is 3. The van der Waals surface area contributed by atoms with E-state index >= 15 is 0 Å². The Morgan fingerprint density at radius 2 is 1.86 bits per heavy atom. The molecule has 112 valence electrons. The number of hydrogen-bond acceptors (Lipinski definition) is 4. The Labute approximate surface area is 129 Å². The molecule has 0 amide bonds. The molecule has 3 rings (SSSR count). The van der Waals surface area contributed by atoms with Crippen LogP contribution in [0.5, 0.6) is 0 Å². The predicted octanol–water partition coefficient (Wildman–Crippen LogP) is 3.23. The Balaban J connectivity index is 2.19. The fourth-order valence-electron chi connectivity index (χ4n) is 2.70. The highest BCUT2D eigenvalue weighted by Crippen LogP contribution is 2.35. The van der Waals surface area contributed by atoms with Crippen LogP contribution in [-0.2, 0) is 5.60 Å². The molecule has 2 heterocycles. The topological polar surface area (TPSA) is 58.9 Å². The van der Waals surface area contributed by atoms with Crippen molar-refractivity contribution in [2.24, 2.45) is 5.92 Å². The molecule has 0 bridgehead atoms. The molecule has 22 heavy (non-hydrogen) atoms. The molecule has 1 aromatic carbocycles. The van der Waals surface area contributed by atoms with Gasteiger partial charge < -0.3 is 5.11 Å². The number of pyridine rings is 1. The molecule has 1 unspecified atom stereocenters. The lowest BCUT2D eigenvalue weighted by Crippen LogP contribution is -2.35. The molecular weight excluding hydrogens is 274 g/mol. The van der Waals surface area contributed by atoms with E-state index in [4.69, 9.17) is 0 Å². The van der Waals surface area contributed by atoms with E-state index in [1.165, 1.54) is 11.9 Å². The van der Waals surface area contributed by atoms with Crippen molar-refractivity contribution < 1.29 is 5.11 Å². The van der Waals surface area contributed by atoms with Crippen molar-refractivity contribution in [2.45, 2.75) is 26.4 Å². The van der Waals surface area contributed by atoms with Crippen molar-refractivity contribution in [3.05, 3.63) is 65.9 Å². The van der Waals surface area contributed by atoms with Crippen molar-refractivity contribution >= 4 is 10.9 Å². The molecule has 0 saturated carbocycles. The molecule has 0 radical (unpaired) electrons. The van der Waals surface area contributed by atoms with Crippen LogP contribution < -0.4 is 0 Å². The summed E-state index contributed by atoms with van der Waals surface area (Å²) in [5.41, 5.74) is 2.00. The highest BCUT2D eigenvalue weighted by atomic mass is 16.3. The summed E-state index contributed by atoms with van der Waals surface area (Å²) in [6, 6.07) is 11.7. The Morgan fingerprint density at radius 3 is 2.55 bits per heavy atom. The van der Waals surface area contributed by atoms with Gasteiger partial charge in [0.15, 0.2) is 5.60 Å². The zero-order chi connectivity index (χ0) is 15.7. The lowest BCUT2D eigenvalue weighted by Gasteiger charge is -2.31. The summed E-state index contributed by atoms with van der Waals surface area (Å²) in [5.74, 6) is -0.0715. The zero-order valence-electron chi connectivity index (χ0n) is 13.0. The number of aryl methyl sites for hydroxylation is 1. The van der Waals surface area contributed by atoms with Crippen LogP contribution in [0.4, 0.5) is 0 Å². The molecular formula is C18H19N3O. The molecule has 0 fully saturated rings. The fraction of sp³-hybridized carbons (Fsp3) is 0.278. The third kappa shape index (κ3) is 2.35. The quantitative estimate of drug-likeness (QED) is 0.805. The van der Waals surface area contributed by atoms with Gasteiger partial charge in [-0.1, -0.05) is 31.5 Å². The van der Waals surface area contributed by atoms with Crippen LogP contribution in [-0.4, -0.2) is 20.1 Å². The van der Waals surface area contributed by atoms with E-state index in [1.807, 2.05) is 38.1 Å². The lowest BCUT2D eigenvalue weighted by atomic mass is 9.83. The van der Waals surface area contributed by atoms with Crippen LogP contribution in [0.25, 0.3) is 10.9 Å². The lowest BCUT2D eigenvalue weighted by molar-refractivity contribution is 0.0235. The Morgan fingerprint density at radius 1 is 1.05 bits per heavy atom.